The van der Waals surface area contributed by atoms with Crippen molar-refractivity contribution >= 4 is 33.9 Å². The average Bonchev–Trinajstić information content (AvgIpc) is 3.40. The lowest BCUT2D eigenvalue weighted by Gasteiger charge is -2.42. The molecule has 2 fully saturated rings. The SMILES string of the molecule is CC(F)=CN1CCN(c2nc(OC[C@@H]3CCCN3C)nc3c2CCN(c2cccc4ccnc(Cl)c24)C3)C[C@@H]1CC#N. The number of allylic oxidation sites excluding steroid dienone is 1. The Kier molecular flexibility index (Phi) is 8.31. The highest BCUT2D eigenvalue weighted by Gasteiger charge is 2.32. The van der Waals surface area contributed by atoms with Gasteiger partial charge in [-0.25, -0.2) is 9.37 Å². The maximum absolute atomic E-state index is 13.8. The van der Waals surface area contributed by atoms with Crippen molar-refractivity contribution in [3.63, 3.8) is 0 Å². The number of rotatable bonds is 7. The lowest BCUT2D eigenvalue weighted by molar-refractivity contribution is 0.187. The molecular formula is C31H36ClFN8O. The Balaban J connectivity index is 1.34. The molecule has 2 saturated heterocycles. The van der Waals surface area contributed by atoms with Crippen molar-refractivity contribution in [1.29, 1.82) is 5.26 Å². The van der Waals surface area contributed by atoms with Crippen LogP contribution in [0.25, 0.3) is 10.8 Å². The van der Waals surface area contributed by atoms with Gasteiger partial charge in [0, 0.05) is 61.3 Å². The van der Waals surface area contributed by atoms with E-state index >= 15 is 0 Å². The summed E-state index contributed by atoms with van der Waals surface area (Å²) in [5.74, 6) is 0.595. The van der Waals surface area contributed by atoms with Crippen LogP contribution in [-0.2, 0) is 13.0 Å². The number of benzene rings is 1. The zero-order valence-electron chi connectivity index (χ0n) is 24.1. The Bertz CT molecular complexity index is 1520. The Hall–Kier alpha value is -3.68. The number of fused-ring (bicyclic) bond motifs is 2. The fourth-order valence-corrected chi connectivity index (χ4v) is 6.72. The quantitative estimate of drug-likeness (QED) is 0.355. The van der Waals surface area contributed by atoms with Gasteiger partial charge in [0.2, 0.25) is 0 Å². The maximum Gasteiger partial charge on any atom is 0.318 e. The Labute approximate surface area is 251 Å². The molecule has 3 aromatic rings. The van der Waals surface area contributed by atoms with Gasteiger partial charge in [0.1, 0.15) is 23.4 Å². The van der Waals surface area contributed by atoms with Gasteiger partial charge in [0.15, 0.2) is 0 Å². The van der Waals surface area contributed by atoms with Crippen LogP contribution in [0.5, 0.6) is 6.01 Å². The molecule has 0 amide bonds. The van der Waals surface area contributed by atoms with Crippen LogP contribution in [0.3, 0.4) is 0 Å². The number of pyridine rings is 1. The molecule has 0 saturated carbocycles. The highest BCUT2D eigenvalue weighted by atomic mass is 35.5. The summed E-state index contributed by atoms with van der Waals surface area (Å²) in [7, 11) is 2.13. The highest BCUT2D eigenvalue weighted by Crippen LogP contribution is 2.36. The third-order valence-corrected chi connectivity index (χ3v) is 8.95. The number of nitriles is 1. The van der Waals surface area contributed by atoms with Gasteiger partial charge in [-0.1, -0.05) is 23.7 Å². The number of piperazine rings is 1. The largest absolute Gasteiger partial charge is 0.462 e. The number of likely N-dealkylation sites (N-methyl/N-ethyl adjacent to an activating group) is 1. The fraction of sp³-hybridized carbons (Fsp3) is 0.484. The molecule has 6 rings (SSSR count). The van der Waals surface area contributed by atoms with Crippen LogP contribution >= 0.6 is 11.6 Å². The number of hydrogen-bond acceptors (Lipinski definition) is 9. The van der Waals surface area contributed by atoms with Crippen LogP contribution in [0, 0.1) is 11.3 Å². The summed E-state index contributed by atoms with van der Waals surface area (Å²) in [6.45, 7) is 6.23. The van der Waals surface area contributed by atoms with Crippen molar-refractivity contribution < 1.29 is 9.13 Å². The minimum Gasteiger partial charge on any atom is -0.462 e. The highest BCUT2D eigenvalue weighted by molar-refractivity contribution is 6.35. The van der Waals surface area contributed by atoms with Gasteiger partial charge < -0.3 is 24.3 Å². The Morgan fingerprint density at radius 3 is 2.83 bits per heavy atom. The summed E-state index contributed by atoms with van der Waals surface area (Å²) in [6.07, 6.45) is 6.55. The third-order valence-electron chi connectivity index (χ3n) is 8.66. The van der Waals surface area contributed by atoms with E-state index in [-0.39, 0.29) is 11.9 Å². The van der Waals surface area contributed by atoms with E-state index in [0.29, 0.717) is 56.4 Å². The molecule has 0 spiro atoms. The van der Waals surface area contributed by atoms with E-state index in [9.17, 15) is 9.65 Å². The lowest BCUT2D eigenvalue weighted by atomic mass is 10.0. The first-order chi connectivity index (χ1) is 20.4. The zero-order chi connectivity index (χ0) is 29.2. The summed E-state index contributed by atoms with van der Waals surface area (Å²) < 4.78 is 20.1. The molecule has 2 aromatic heterocycles. The molecule has 0 radical (unpaired) electrons. The summed E-state index contributed by atoms with van der Waals surface area (Å²) in [6, 6.07) is 11.0. The van der Waals surface area contributed by atoms with E-state index in [0.717, 1.165) is 65.9 Å². The smallest absolute Gasteiger partial charge is 0.318 e. The zero-order valence-corrected chi connectivity index (χ0v) is 24.9. The van der Waals surface area contributed by atoms with Gasteiger partial charge in [0.25, 0.3) is 0 Å². The number of aromatic nitrogens is 3. The molecule has 42 heavy (non-hydrogen) atoms. The number of anilines is 2. The minimum atomic E-state index is -0.262. The summed E-state index contributed by atoms with van der Waals surface area (Å²) >= 11 is 6.58. The monoisotopic (exact) mass is 590 g/mol. The van der Waals surface area contributed by atoms with E-state index in [4.69, 9.17) is 26.3 Å². The van der Waals surface area contributed by atoms with Crippen molar-refractivity contribution in [3.05, 3.63) is 58.9 Å². The van der Waals surface area contributed by atoms with Gasteiger partial charge in [0.05, 0.1) is 30.8 Å². The topological polar surface area (TPSA) is 84.7 Å². The molecule has 0 unspecified atom stereocenters. The van der Waals surface area contributed by atoms with E-state index in [1.807, 2.05) is 23.1 Å². The van der Waals surface area contributed by atoms with Crippen LogP contribution < -0.4 is 14.5 Å². The van der Waals surface area contributed by atoms with Gasteiger partial charge in [-0.2, -0.15) is 15.2 Å². The molecule has 3 aliphatic heterocycles. The second-order valence-corrected chi connectivity index (χ2v) is 11.8. The normalized spacial score (nSPS) is 21.5. The standard InChI is InChI=1S/C31H36ClFN8O/c1-21(33)17-39-15-16-41(18-23(39)8-11-34)30-25-10-14-40(27-7-3-5-22-9-12-35-29(32)28(22)27)19-26(25)36-31(37-30)42-20-24-6-4-13-38(24)2/h3,5,7,9,12,17,23-24H,4,6,8,10,13-16,18-20H2,1-2H3/t23-,24-/m0/s1. The fourth-order valence-electron chi connectivity index (χ4n) is 6.46. The van der Waals surface area contributed by atoms with Crippen molar-refractivity contribution in [3.8, 4) is 12.1 Å². The molecule has 220 valence electrons. The summed E-state index contributed by atoms with van der Waals surface area (Å²) in [5, 5.41) is 12.0. The lowest BCUT2D eigenvalue weighted by Crippen LogP contribution is -2.51. The molecule has 1 aromatic carbocycles. The van der Waals surface area contributed by atoms with Crippen LogP contribution in [0.15, 0.2) is 42.5 Å². The van der Waals surface area contributed by atoms with Crippen molar-refractivity contribution in [2.45, 2.75) is 51.2 Å². The molecular weight excluding hydrogens is 555 g/mol. The van der Waals surface area contributed by atoms with Crippen LogP contribution in [0.2, 0.25) is 5.15 Å². The third kappa shape index (κ3) is 5.81. The predicted molar refractivity (Wildman–Crippen MR) is 162 cm³/mol. The maximum atomic E-state index is 13.8. The minimum absolute atomic E-state index is 0.137. The van der Waals surface area contributed by atoms with Gasteiger partial charge >= 0.3 is 6.01 Å². The molecule has 9 nitrogen and oxygen atoms in total. The van der Waals surface area contributed by atoms with E-state index in [1.54, 1.807) is 6.20 Å². The summed E-state index contributed by atoms with van der Waals surface area (Å²) in [5.41, 5.74) is 3.06. The summed E-state index contributed by atoms with van der Waals surface area (Å²) in [4.78, 5) is 23.1. The van der Waals surface area contributed by atoms with Crippen molar-refractivity contribution in [2.24, 2.45) is 0 Å². The van der Waals surface area contributed by atoms with Gasteiger partial charge in [-0.05, 0) is 57.3 Å². The second-order valence-electron chi connectivity index (χ2n) is 11.4. The first-order valence-electron chi connectivity index (χ1n) is 14.6. The molecule has 5 heterocycles. The first-order valence-corrected chi connectivity index (χ1v) is 15.0. The molecule has 0 aliphatic carbocycles. The number of nitrogens with zero attached hydrogens (tertiary/aromatic N) is 8. The first kappa shape index (κ1) is 28.4. The van der Waals surface area contributed by atoms with Crippen LogP contribution in [0.1, 0.15) is 37.4 Å². The number of hydrogen-bond donors (Lipinski definition) is 0. The molecule has 3 aliphatic rings. The van der Waals surface area contributed by atoms with Crippen LogP contribution in [-0.4, -0.2) is 83.2 Å². The van der Waals surface area contributed by atoms with E-state index in [1.165, 1.54) is 13.1 Å². The van der Waals surface area contributed by atoms with Gasteiger partial charge in [-0.15, -0.1) is 0 Å². The average molecular weight is 591 g/mol. The number of halogens is 2. The van der Waals surface area contributed by atoms with E-state index in [2.05, 4.69) is 38.9 Å². The molecule has 0 N–H and O–H groups in total. The van der Waals surface area contributed by atoms with E-state index < -0.39 is 0 Å². The number of likely N-dealkylation sites (tertiary alicyclic amines) is 1. The Morgan fingerprint density at radius 2 is 2.05 bits per heavy atom. The molecule has 2 atom stereocenters. The molecule has 0 bridgehead atoms. The predicted octanol–water partition coefficient (Wildman–Crippen LogP) is 4.95. The van der Waals surface area contributed by atoms with Gasteiger partial charge in [-0.3, -0.25) is 0 Å². The van der Waals surface area contributed by atoms with Crippen molar-refractivity contribution in [2.75, 3.05) is 56.2 Å². The second kappa shape index (κ2) is 12.3. The molecule has 11 heteroatoms. The van der Waals surface area contributed by atoms with Crippen molar-refractivity contribution in [1.82, 2.24) is 24.8 Å². The number of ether oxygens (including phenoxy) is 1. The Morgan fingerprint density at radius 1 is 1.17 bits per heavy atom. The van der Waals surface area contributed by atoms with Crippen LogP contribution in [0.4, 0.5) is 15.9 Å².